The maximum absolute atomic E-state index is 12.8. The van der Waals surface area contributed by atoms with Crippen molar-refractivity contribution >= 4 is 46.3 Å². The molecule has 0 unspecified atom stereocenters. The second-order valence-electron chi connectivity index (χ2n) is 7.30. The molecule has 0 radical (unpaired) electrons. The first-order valence-corrected chi connectivity index (χ1v) is 12.0. The first-order valence-electron chi connectivity index (χ1n) is 10.8. The molecule has 0 spiro atoms. The lowest BCUT2D eigenvalue weighted by molar-refractivity contribution is -0.143. The Hall–Kier alpha value is -2.84. The van der Waals surface area contributed by atoms with E-state index in [2.05, 4.69) is 12.1 Å². The lowest BCUT2D eigenvalue weighted by Gasteiger charge is -2.13. The Morgan fingerprint density at radius 1 is 1.12 bits per heavy atom. The Balaban J connectivity index is 1.61. The molecule has 2 aromatic rings. The Bertz CT molecular complexity index is 1020. The molecule has 2 aromatic carbocycles. The monoisotopic (exact) mass is 485 g/mol. The van der Waals surface area contributed by atoms with Crippen LogP contribution in [0.1, 0.15) is 30.9 Å². The van der Waals surface area contributed by atoms with Gasteiger partial charge in [0.05, 0.1) is 31.6 Å². The smallest absolute Gasteiger partial charge is 0.307 e. The summed E-state index contributed by atoms with van der Waals surface area (Å²) in [6.07, 6.45) is 3.43. The third-order valence-electron chi connectivity index (χ3n) is 4.86. The molecule has 3 rings (SSSR count). The number of ether oxygens (including phenoxy) is 3. The van der Waals surface area contributed by atoms with Crippen molar-refractivity contribution in [2.24, 2.45) is 0 Å². The maximum Gasteiger partial charge on any atom is 0.307 e. The summed E-state index contributed by atoms with van der Waals surface area (Å²) < 4.78 is 16.9. The molecule has 1 fully saturated rings. The predicted octanol–water partition coefficient (Wildman–Crippen LogP) is 4.86. The summed E-state index contributed by atoms with van der Waals surface area (Å²) in [5.41, 5.74) is 2.00. The zero-order chi connectivity index (χ0) is 23.6. The van der Waals surface area contributed by atoms with Gasteiger partial charge in [-0.05, 0) is 35.8 Å². The number of methoxy groups -OCH3 is 1. The number of thioether (sulfide) groups is 1. The number of rotatable bonds is 11. The van der Waals surface area contributed by atoms with E-state index < -0.39 is 0 Å². The lowest BCUT2D eigenvalue weighted by Crippen LogP contribution is -2.30. The third-order valence-corrected chi connectivity index (χ3v) is 6.23. The van der Waals surface area contributed by atoms with Crippen molar-refractivity contribution < 1.29 is 23.8 Å². The van der Waals surface area contributed by atoms with E-state index in [0.29, 0.717) is 33.9 Å². The topological polar surface area (TPSA) is 65.1 Å². The highest BCUT2D eigenvalue weighted by Crippen LogP contribution is 2.35. The van der Waals surface area contributed by atoms with Crippen LogP contribution in [0.2, 0.25) is 0 Å². The predicted molar refractivity (Wildman–Crippen MR) is 134 cm³/mol. The summed E-state index contributed by atoms with van der Waals surface area (Å²) in [5.74, 6) is 0.688. The first-order chi connectivity index (χ1) is 16.0. The first kappa shape index (κ1) is 24.8. The standard InChI is InChI=1S/C25H27NO5S2/c1-3-14-31-23(27)11-13-26-24(28)22(33-25(26)32)17-19-9-10-20(21(16-19)29-2)30-15-12-18-7-5-4-6-8-18/h4-10,16-17H,3,11-15H2,1-2H3/b22-17-. The Kier molecular flexibility index (Phi) is 9.33. The Morgan fingerprint density at radius 2 is 1.91 bits per heavy atom. The zero-order valence-electron chi connectivity index (χ0n) is 18.7. The molecule has 1 aliphatic rings. The van der Waals surface area contributed by atoms with Gasteiger partial charge >= 0.3 is 5.97 Å². The van der Waals surface area contributed by atoms with Gasteiger partial charge in [-0.15, -0.1) is 0 Å². The average molecular weight is 486 g/mol. The van der Waals surface area contributed by atoms with E-state index >= 15 is 0 Å². The number of carbonyl (C=O) groups is 2. The summed E-state index contributed by atoms with van der Waals surface area (Å²) in [7, 11) is 1.58. The van der Waals surface area contributed by atoms with Gasteiger partial charge in [0.1, 0.15) is 4.32 Å². The summed E-state index contributed by atoms with van der Waals surface area (Å²) in [5, 5.41) is 0. The fourth-order valence-corrected chi connectivity index (χ4v) is 4.46. The van der Waals surface area contributed by atoms with Crippen LogP contribution in [0.4, 0.5) is 0 Å². The van der Waals surface area contributed by atoms with Crippen LogP contribution in [0.15, 0.2) is 53.4 Å². The van der Waals surface area contributed by atoms with Gasteiger partial charge in [0.15, 0.2) is 11.5 Å². The second-order valence-corrected chi connectivity index (χ2v) is 8.97. The fraction of sp³-hybridized carbons (Fsp3) is 0.320. The van der Waals surface area contributed by atoms with Crippen molar-refractivity contribution in [1.29, 1.82) is 0 Å². The Labute approximate surface area is 203 Å². The second kappa shape index (κ2) is 12.4. The molecule has 1 aliphatic heterocycles. The van der Waals surface area contributed by atoms with Crippen LogP contribution >= 0.6 is 24.0 Å². The van der Waals surface area contributed by atoms with E-state index in [1.807, 2.05) is 43.3 Å². The van der Waals surface area contributed by atoms with Crippen LogP contribution in [-0.2, 0) is 20.7 Å². The van der Waals surface area contributed by atoms with E-state index in [1.54, 1.807) is 13.2 Å². The lowest BCUT2D eigenvalue weighted by atomic mass is 10.1. The number of nitrogens with zero attached hydrogens (tertiary/aromatic N) is 1. The van der Waals surface area contributed by atoms with Crippen LogP contribution in [0, 0.1) is 0 Å². The number of benzene rings is 2. The van der Waals surface area contributed by atoms with E-state index in [1.165, 1.54) is 22.2 Å². The van der Waals surface area contributed by atoms with Gasteiger partial charge in [0, 0.05) is 13.0 Å². The molecular weight excluding hydrogens is 458 g/mol. The molecule has 0 aliphatic carbocycles. The molecule has 0 atom stereocenters. The average Bonchev–Trinajstić information content (AvgIpc) is 3.09. The Morgan fingerprint density at radius 3 is 2.64 bits per heavy atom. The number of carbonyl (C=O) groups excluding carboxylic acids is 2. The zero-order valence-corrected chi connectivity index (χ0v) is 20.4. The molecule has 174 valence electrons. The highest BCUT2D eigenvalue weighted by molar-refractivity contribution is 8.26. The summed E-state index contributed by atoms with van der Waals surface area (Å²) in [6, 6.07) is 15.7. The van der Waals surface area contributed by atoms with Crippen LogP contribution in [-0.4, -0.2) is 48.0 Å². The van der Waals surface area contributed by atoms with Crippen molar-refractivity contribution in [1.82, 2.24) is 4.90 Å². The SMILES string of the molecule is CCCOC(=O)CCN1C(=O)/C(=C/c2ccc(OCCc3ccccc3)c(OC)c2)SC1=S. The molecule has 1 saturated heterocycles. The molecule has 0 saturated carbocycles. The largest absolute Gasteiger partial charge is 0.493 e. The van der Waals surface area contributed by atoms with Crippen molar-refractivity contribution in [3.05, 3.63) is 64.6 Å². The van der Waals surface area contributed by atoms with E-state index in [-0.39, 0.29) is 24.8 Å². The van der Waals surface area contributed by atoms with Gasteiger partial charge in [-0.1, -0.05) is 67.3 Å². The summed E-state index contributed by atoms with van der Waals surface area (Å²) >= 11 is 6.56. The minimum Gasteiger partial charge on any atom is -0.493 e. The van der Waals surface area contributed by atoms with Crippen molar-refractivity contribution in [3.8, 4) is 11.5 Å². The normalized spacial score (nSPS) is 14.6. The molecule has 1 heterocycles. The minimum atomic E-state index is -0.331. The number of thiocarbonyl (C=S) groups is 1. The fourth-order valence-electron chi connectivity index (χ4n) is 3.15. The molecular formula is C25H27NO5S2. The summed E-state index contributed by atoms with van der Waals surface area (Å²) in [4.78, 5) is 26.5. The summed E-state index contributed by atoms with van der Waals surface area (Å²) in [6.45, 7) is 3.05. The van der Waals surface area contributed by atoms with Crippen molar-refractivity contribution in [2.75, 3.05) is 26.9 Å². The number of esters is 1. The van der Waals surface area contributed by atoms with E-state index in [0.717, 1.165) is 18.4 Å². The maximum atomic E-state index is 12.8. The molecule has 0 aromatic heterocycles. The van der Waals surface area contributed by atoms with Crippen LogP contribution in [0.3, 0.4) is 0 Å². The number of hydrogen-bond donors (Lipinski definition) is 0. The highest BCUT2D eigenvalue weighted by atomic mass is 32.2. The molecule has 0 N–H and O–H groups in total. The van der Waals surface area contributed by atoms with Gasteiger partial charge < -0.3 is 14.2 Å². The van der Waals surface area contributed by atoms with Gasteiger partial charge in [0.2, 0.25) is 0 Å². The van der Waals surface area contributed by atoms with Gasteiger partial charge in [-0.25, -0.2) is 0 Å². The quantitative estimate of drug-likeness (QED) is 0.256. The van der Waals surface area contributed by atoms with Gasteiger partial charge in [-0.3, -0.25) is 14.5 Å². The molecule has 0 bridgehead atoms. The van der Waals surface area contributed by atoms with Gasteiger partial charge in [-0.2, -0.15) is 0 Å². The molecule has 33 heavy (non-hydrogen) atoms. The van der Waals surface area contributed by atoms with E-state index in [9.17, 15) is 9.59 Å². The van der Waals surface area contributed by atoms with Crippen LogP contribution in [0.25, 0.3) is 6.08 Å². The van der Waals surface area contributed by atoms with Gasteiger partial charge in [0.25, 0.3) is 5.91 Å². The van der Waals surface area contributed by atoms with Crippen LogP contribution in [0.5, 0.6) is 11.5 Å². The number of hydrogen-bond acceptors (Lipinski definition) is 7. The van der Waals surface area contributed by atoms with Crippen LogP contribution < -0.4 is 9.47 Å². The molecule has 6 nitrogen and oxygen atoms in total. The molecule has 8 heteroatoms. The van der Waals surface area contributed by atoms with Crippen molar-refractivity contribution in [2.45, 2.75) is 26.2 Å². The third kappa shape index (κ3) is 7.07. The van der Waals surface area contributed by atoms with E-state index in [4.69, 9.17) is 26.4 Å². The molecule has 1 amide bonds. The number of amides is 1. The van der Waals surface area contributed by atoms with Crippen molar-refractivity contribution in [3.63, 3.8) is 0 Å². The minimum absolute atomic E-state index is 0.114. The highest BCUT2D eigenvalue weighted by Gasteiger charge is 2.32.